The zero-order valence-electron chi connectivity index (χ0n) is 13.5. The molecule has 130 valence electrons. The van der Waals surface area contributed by atoms with Gasteiger partial charge in [-0.3, -0.25) is 0 Å². The minimum absolute atomic E-state index is 0.180. The third kappa shape index (κ3) is 6.08. The third-order valence-electron chi connectivity index (χ3n) is 3.80. The summed E-state index contributed by atoms with van der Waals surface area (Å²) in [4.78, 5) is 17.5. The van der Waals surface area contributed by atoms with E-state index in [-0.39, 0.29) is 18.1 Å². The van der Waals surface area contributed by atoms with Crippen molar-refractivity contribution in [2.24, 2.45) is 0 Å². The van der Waals surface area contributed by atoms with Crippen LogP contribution in [-0.2, 0) is 23.0 Å². The van der Waals surface area contributed by atoms with Crippen molar-refractivity contribution in [3.63, 3.8) is 0 Å². The normalized spacial score (nSPS) is 21.8. The molecule has 0 spiro atoms. The number of nitrogens with one attached hydrogen (secondary N) is 3. The molecule has 9 heteroatoms. The molecule has 1 aliphatic carbocycles. The highest BCUT2D eigenvalue weighted by atomic mass is 32.2. The van der Waals surface area contributed by atoms with E-state index in [0.717, 1.165) is 43.4 Å². The van der Waals surface area contributed by atoms with Crippen LogP contribution < -0.4 is 15.4 Å². The molecule has 0 unspecified atom stereocenters. The average Bonchev–Trinajstić information content (AvgIpc) is 2.94. The Morgan fingerprint density at radius 3 is 2.65 bits per heavy atom. The number of nitrogens with zero attached hydrogens (tertiary/aromatic N) is 1. The van der Waals surface area contributed by atoms with Gasteiger partial charge in [-0.15, -0.1) is 11.3 Å². The number of rotatable bonds is 6. The van der Waals surface area contributed by atoms with E-state index in [1.54, 1.807) is 11.3 Å². The van der Waals surface area contributed by atoms with Crippen molar-refractivity contribution in [2.75, 3.05) is 6.26 Å². The predicted octanol–water partition coefficient (Wildman–Crippen LogP) is 1.37. The number of urea groups is 1. The molecule has 0 aliphatic heterocycles. The van der Waals surface area contributed by atoms with Crippen LogP contribution in [0.3, 0.4) is 0 Å². The summed E-state index contributed by atoms with van der Waals surface area (Å²) < 4.78 is 25.5. The topological polar surface area (TPSA) is 100 Å². The Kier molecular flexibility index (Phi) is 6.37. The van der Waals surface area contributed by atoms with E-state index < -0.39 is 10.0 Å². The van der Waals surface area contributed by atoms with Gasteiger partial charge in [-0.05, 0) is 19.3 Å². The molecule has 1 saturated carbocycles. The maximum absolute atomic E-state index is 12.0. The molecule has 23 heavy (non-hydrogen) atoms. The summed E-state index contributed by atoms with van der Waals surface area (Å²) >= 11 is 1.58. The van der Waals surface area contributed by atoms with Gasteiger partial charge in [0, 0.05) is 23.2 Å². The van der Waals surface area contributed by atoms with Crippen molar-refractivity contribution in [3.8, 4) is 0 Å². The Balaban J connectivity index is 1.84. The lowest BCUT2D eigenvalue weighted by Crippen LogP contribution is -2.54. The fraction of sp³-hybridized carbons (Fsp3) is 0.714. The Labute approximate surface area is 141 Å². The van der Waals surface area contributed by atoms with Gasteiger partial charge in [0.2, 0.25) is 10.0 Å². The monoisotopic (exact) mass is 360 g/mol. The number of sulfonamides is 1. The molecule has 1 heterocycles. The van der Waals surface area contributed by atoms with E-state index >= 15 is 0 Å². The number of aryl methyl sites for hydroxylation is 1. The van der Waals surface area contributed by atoms with Crippen LogP contribution in [-0.4, -0.2) is 37.8 Å². The van der Waals surface area contributed by atoms with E-state index in [9.17, 15) is 13.2 Å². The van der Waals surface area contributed by atoms with Gasteiger partial charge in [0.05, 0.1) is 12.8 Å². The summed E-state index contributed by atoms with van der Waals surface area (Å²) in [6, 6.07) is -0.706. The van der Waals surface area contributed by atoms with Crippen molar-refractivity contribution in [1.29, 1.82) is 0 Å². The molecule has 3 N–H and O–H groups in total. The first-order chi connectivity index (χ1) is 10.9. The van der Waals surface area contributed by atoms with Crippen molar-refractivity contribution >= 4 is 27.4 Å². The predicted molar refractivity (Wildman–Crippen MR) is 90.9 cm³/mol. The Morgan fingerprint density at radius 2 is 2.04 bits per heavy atom. The molecule has 1 aliphatic rings. The highest BCUT2D eigenvalue weighted by Crippen LogP contribution is 2.19. The maximum atomic E-state index is 12.0. The van der Waals surface area contributed by atoms with E-state index in [1.165, 1.54) is 4.88 Å². The number of thiazole rings is 1. The first-order valence-corrected chi connectivity index (χ1v) is 10.5. The van der Waals surface area contributed by atoms with Crippen molar-refractivity contribution in [1.82, 2.24) is 20.3 Å². The first-order valence-electron chi connectivity index (χ1n) is 7.82. The molecule has 0 bridgehead atoms. The van der Waals surface area contributed by atoms with E-state index in [4.69, 9.17) is 0 Å². The Morgan fingerprint density at radius 1 is 1.35 bits per heavy atom. The lowest BCUT2D eigenvalue weighted by molar-refractivity contribution is 0.227. The lowest BCUT2D eigenvalue weighted by atomic mass is 9.91. The maximum Gasteiger partial charge on any atom is 0.315 e. The second-order valence-corrected chi connectivity index (χ2v) is 8.77. The van der Waals surface area contributed by atoms with Crippen LogP contribution in [0.5, 0.6) is 0 Å². The molecule has 7 nitrogen and oxygen atoms in total. The summed E-state index contributed by atoms with van der Waals surface area (Å²) in [6.07, 6.45) is 7.37. The summed E-state index contributed by atoms with van der Waals surface area (Å²) in [6.45, 7) is 2.45. The van der Waals surface area contributed by atoms with Crippen LogP contribution in [0.1, 0.15) is 42.5 Å². The van der Waals surface area contributed by atoms with Crippen molar-refractivity contribution in [3.05, 3.63) is 16.1 Å². The van der Waals surface area contributed by atoms with Gasteiger partial charge >= 0.3 is 6.03 Å². The SMILES string of the molecule is CCc1cnc(CNC(=O)N[C@@H]2CCCC[C@@H]2NS(C)(=O)=O)s1. The molecule has 2 atom stereocenters. The molecule has 2 rings (SSSR count). The molecule has 0 aromatic carbocycles. The summed E-state index contributed by atoms with van der Waals surface area (Å²) in [7, 11) is -3.28. The smallest absolute Gasteiger partial charge is 0.315 e. The second-order valence-electron chi connectivity index (χ2n) is 5.79. The fourth-order valence-electron chi connectivity index (χ4n) is 2.69. The van der Waals surface area contributed by atoms with Crippen LogP contribution >= 0.6 is 11.3 Å². The highest BCUT2D eigenvalue weighted by Gasteiger charge is 2.28. The Bertz CT molecular complexity index is 630. The lowest BCUT2D eigenvalue weighted by Gasteiger charge is -2.32. The zero-order valence-corrected chi connectivity index (χ0v) is 15.1. The zero-order chi connectivity index (χ0) is 16.9. The molecule has 0 saturated heterocycles. The minimum atomic E-state index is -3.28. The van der Waals surface area contributed by atoms with Crippen LogP contribution in [0.4, 0.5) is 4.79 Å². The fourth-order valence-corrected chi connectivity index (χ4v) is 4.32. The highest BCUT2D eigenvalue weighted by molar-refractivity contribution is 7.88. The van der Waals surface area contributed by atoms with Gasteiger partial charge < -0.3 is 10.6 Å². The van der Waals surface area contributed by atoms with E-state index in [1.807, 2.05) is 6.20 Å². The van der Waals surface area contributed by atoms with Gasteiger partial charge in [0.1, 0.15) is 5.01 Å². The van der Waals surface area contributed by atoms with E-state index in [0.29, 0.717) is 6.54 Å². The largest absolute Gasteiger partial charge is 0.334 e. The van der Waals surface area contributed by atoms with Crippen molar-refractivity contribution in [2.45, 2.75) is 57.7 Å². The van der Waals surface area contributed by atoms with Gasteiger partial charge in [-0.2, -0.15) is 0 Å². The summed E-state index contributed by atoms with van der Waals surface area (Å²) in [5.41, 5.74) is 0. The second kappa shape index (κ2) is 8.07. The van der Waals surface area contributed by atoms with Gasteiger partial charge in [-0.25, -0.2) is 22.9 Å². The number of hydrogen-bond donors (Lipinski definition) is 3. The number of amides is 2. The molecule has 1 aromatic rings. The molecule has 1 aromatic heterocycles. The Hall–Kier alpha value is -1.19. The van der Waals surface area contributed by atoms with Gasteiger partial charge in [-0.1, -0.05) is 19.8 Å². The molecule has 2 amide bonds. The summed E-state index contributed by atoms with van der Waals surface area (Å²) in [5.74, 6) is 0. The third-order valence-corrected chi connectivity index (χ3v) is 5.67. The van der Waals surface area contributed by atoms with Crippen LogP contribution in [0.25, 0.3) is 0 Å². The number of carbonyl (C=O) groups excluding carboxylic acids is 1. The van der Waals surface area contributed by atoms with Crippen LogP contribution in [0.15, 0.2) is 6.20 Å². The summed E-state index contributed by atoms with van der Waals surface area (Å²) in [5, 5.41) is 6.54. The van der Waals surface area contributed by atoms with Gasteiger partial charge in [0.25, 0.3) is 0 Å². The van der Waals surface area contributed by atoms with Crippen molar-refractivity contribution < 1.29 is 13.2 Å². The molecule has 0 radical (unpaired) electrons. The average molecular weight is 361 g/mol. The van der Waals surface area contributed by atoms with E-state index in [2.05, 4.69) is 27.3 Å². The standard InChI is InChI=1S/C14H24N4O3S2/c1-3-10-8-15-13(22-10)9-16-14(19)17-11-6-4-5-7-12(11)18-23(2,20)21/h8,11-12,18H,3-7,9H2,1-2H3,(H2,16,17,19)/t11-,12+/m1/s1. The minimum Gasteiger partial charge on any atom is -0.334 e. The van der Waals surface area contributed by atoms with Crippen LogP contribution in [0, 0.1) is 0 Å². The molecular formula is C14H24N4O3S2. The first kappa shape index (κ1) is 18.2. The van der Waals surface area contributed by atoms with Gasteiger partial charge in [0.15, 0.2) is 0 Å². The molecular weight excluding hydrogens is 336 g/mol. The quantitative estimate of drug-likeness (QED) is 0.713. The number of hydrogen-bond acceptors (Lipinski definition) is 5. The number of carbonyl (C=O) groups is 1. The van der Waals surface area contributed by atoms with Crippen LogP contribution in [0.2, 0.25) is 0 Å². The number of aromatic nitrogens is 1. The molecule has 1 fully saturated rings.